The van der Waals surface area contributed by atoms with E-state index in [0.717, 1.165) is 5.69 Å². The number of H-pyrrole nitrogens is 1. The van der Waals surface area contributed by atoms with Crippen LogP contribution in [0.15, 0.2) is 47.5 Å². The number of aromatic nitrogens is 3. The molecule has 0 unspecified atom stereocenters. The molecule has 3 rings (SSSR count). The van der Waals surface area contributed by atoms with Gasteiger partial charge >= 0.3 is 0 Å². The molecule has 3 aromatic rings. The van der Waals surface area contributed by atoms with Crippen LogP contribution in [0.25, 0.3) is 11.0 Å². The van der Waals surface area contributed by atoms with E-state index < -0.39 is 0 Å². The number of allylic oxidation sites excluding steroid dienone is 1. The van der Waals surface area contributed by atoms with E-state index in [0.29, 0.717) is 34.6 Å². The highest BCUT2D eigenvalue weighted by molar-refractivity contribution is 6.32. The zero-order chi connectivity index (χ0) is 25.5. The largest absolute Gasteiger partial charge is 0.487 e. The minimum atomic E-state index is -0.319. The number of amides is 2. The number of ether oxygens (including phenoxy) is 1. The number of aromatic amines is 1. The van der Waals surface area contributed by atoms with Crippen molar-refractivity contribution < 1.29 is 14.3 Å². The highest BCUT2D eigenvalue weighted by Gasteiger charge is 2.15. The quantitative estimate of drug-likeness (QED) is 0.324. The van der Waals surface area contributed by atoms with E-state index >= 15 is 0 Å². The fourth-order valence-electron chi connectivity index (χ4n) is 3.38. The molecule has 186 valence electrons. The lowest BCUT2D eigenvalue weighted by Gasteiger charge is -2.11. The van der Waals surface area contributed by atoms with Gasteiger partial charge < -0.3 is 24.5 Å². The van der Waals surface area contributed by atoms with Gasteiger partial charge in [0.15, 0.2) is 5.75 Å². The first-order chi connectivity index (χ1) is 16.7. The fraction of sp³-hybridized carbons (Fsp3) is 0.360. The van der Waals surface area contributed by atoms with E-state index in [1.54, 1.807) is 38.5 Å². The zero-order valence-corrected chi connectivity index (χ0v) is 21.1. The fourth-order valence-corrected chi connectivity index (χ4v) is 3.57. The topological polar surface area (TPSA) is 109 Å². The highest BCUT2D eigenvalue weighted by atomic mass is 35.5. The molecule has 0 fully saturated rings. The molecule has 0 saturated heterocycles. The summed E-state index contributed by atoms with van der Waals surface area (Å²) in [5, 5.41) is 3.09. The van der Waals surface area contributed by atoms with Crippen molar-refractivity contribution in [3.8, 4) is 5.75 Å². The van der Waals surface area contributed by atoms with Crippen LogP contribution in [0.1, 0.15) is 38.8 Å². The average Bonchev–Trinajstić information content (AvgIpc) is 3.20. The molecule has 10 heteroatoms. The second-order valence-electron chi connectivity index (χ2n) is 8.59. The number of carbonyl (C=O) groups is 2. The smallest absolute Gasteiger partial charge is 0.274 e. The second-order valence-corrected chi connectivity index (χ2v) is 8.99. The molecule has 3 heterocycles. The van der Waals surface area contributed by atoms with Gasteiger partial charge in [0.05, 0.1) is 24.4 Å². The number of nitrogens with zero attached hydrogens (tertiary/aromatic N) is 3. The van der Waals surface area contributed by atoms with Crippen LogP contribution < -0.4 is 15.6 Å². The number of pyridine rings is 2. The number of nitrogens with one attached hydrogen (secondary N) is 2. The van der Waals surface area contributed by atoms with Gasteiger partial charge in [-0.15, -0.1) is 0 Å². The Morgan fingerprint density at radius 3 is 2.83 bits per heavy atom. The first kappa shape index (κ1) is 26.0. The second kappa shape index (κ2) is 11.7. The van der Waals surface area contributed by atoms with Gasteiger partial charge in [0.1, 0.15) is 16.2 Å². The maximum absolute atomic E-state index is 12.9. The minimum Gasteiger partial charge on any atom is -0.487 e. The average molecular weight is 500 g/mol. The summed E-state index contributed by atoms with van der Waals surface area (Å²) in [5.41, 5.74) is 1.98. The Balaban J connectivity index is 1.66. The van der Waals surface area contributed by atoms with Crippen LogP contribution in [0, 0.1) is 0 Å². The molecule has 0 aliphatic rings. The van der Waals surface area contributed by atoms with Gasteiger partial charge in [-0.3, -0.25) is 19.4 Å². The summed E-state index contributed by atoms with van der Waals surface area (Å²) in [6.45, 7) is 4.08. The van der Waals surface area contributed by atoms with Crippen molar-refractivity contribution >= 4 is 40.1 Å². The lowest BCUT2D eigenvalue weighted by Crippen LogP contribution is -2.25. The Labute approximate surface area is 208 Å². The van der Waals surface area contributed by atoms with E-state index in [1.807, 2.05) is 19.9 Å². The maximum atomic E-state index is 12.9. The number of carbonyl (C=O) groups excluding carboxylic acids is 2. The summed E-state index contributed by atoms with van der Waals surface area (Å²) in [4.78, 5) is 45.8. The van der Waals surface area contributed by atoms with Crippen molar-refractivity contribution in [1.82, 2.24) is 19.4 Å². The molecule has 0 spiro atoms. The van der Waals surface area contributed by atoms with E-state index in [4.69, 9.17) is 16.3 Å². The predicted molar refractivity (Wildman–Crippen MR) is 137 cm³/mol. The molecule has 0 aliphatic carbocycles. The molecule has 0 aromatic carbocycles. The Kier molecular flexibility index (Phi) is 8.70. The molecule has 0 radical (unpaired) electrons. The van der Waals surface area contributed by atoms with Gasteiger partial charge in [-0.25, -0.2) is 0 Å². The minimum absolute atomic E-state index is 0.0654. The van der Waals surface area contributed by atoms with E-state index in [1.165, 1.54) is 21.7 Å². The number of rotatable bonds is 10. The summed E-state index contributed by atoms with van der Waals surface area (Å²) >= 11 is 6.27. The van der Waals surface area contributed by atoms with Crippen molar-refractivity contribution in [1.29, 1.82) is 0 Å². The summed E-state index contributed by atoms with van der Waals surface area (Å²) < 4.78 is 7.34. The van der Waals surface area contributed by atoms with Gasteiger partial charge in [-0.2, -0.15) is 0 Å². The van der Waals surface area contributed by atoms with Gasteiger partial charge in [-0.05, 0) is 51.0 Å². The van der Waals surface area contributed by atoms with Gasteiger partial charge in [-0.1, -0.05) is 17.7 Å². The van der Waals surface area contributed by atoms with Crippen molar-refractivity contribution in [2.45, 2.75) is 45.8 Å². The predicted octanol–water partition coefficient (Wildman–Crippen LogP) is 3.97. The summed E-state index contributed by atoms with van der Waals surface area (Å²) in [6.07, 6.45) is 7.75. The van der Waals surface area contributed by atoms with Crippen LogP contribution >= 0.6 is 11.6 Å². The Hall–Kier alpha value is -3.59. The number of anilines is 1. The number of fused-ring (bicyclic) bond motifs is 1. The van der Waals surface area contributed by atoms with E-state index in [9.17, 15) is 14.4 Å². The zero-order valence-electron chi connectivity index (χ0n) is 20.3. The van der Waals surface area contributed by atoms with Crippen molar-refractivity contribution in [3.05, 3.63) is 63.8 Å². The molecule has 2 amide bonds. The molecular formula is C25H30ClN5O4. The molecule has 3 aromatic heterocycles. The molecular weight excluding hydrogens is 470 g/mol. The Bertz CT molecular complexity index is 1290. The highest BCUT2D eigenvalue weighted by Crippen LogP contribution is 2.32. The molecule has 2 N–H and O–H groups in total. The number of hydrogen-bond acceptors (Lipinski definition) is 5. The molecule has 0 atom stereocenters. The molecule has 35 heavy (non-hydrogen) atoms. The SMILES string of the molecule is CC(C)Oc1c(Cl)cnc2cc(Cn3cccc(NC(=O)CCC/C=C/C(=O)N(C)C)c3=O)[nH]c12. The summed E-state index contributed by atoms with van der Waals surface area (Å²) in [7, 11) is 3.35. The van der Waals surface area contributed by atoms with Gasteiger partial charge in [0, 0.05) is 32.4 Å². The van der Waals surface area contributed by atoms with Crippen LogP contribution in [0.4, 0.5) is 5.69 Å². The van der Waals surface area contributed by atoms with Crippen LogP contribution in [-0.4, -0.2) is 51.4 Å². The molecule has 0 bridgehead atoms. The van der Waals surface area contributed by atoms with Crippen LogP contribution in [-0.2, 0) is 16.1 Å². The first-order valence-electron chi connectivity index (χ1n) is 11.4. The third-order valence-corrected chi connectivity index (χ3v) is 5.35. The Morgan fingerprint density at radius 1 is 1.34 bits per heavy atom. The lowest BCUT2D eigenvalue weighted by molar-refractivity contribution is -0.123. The summed E-state index contributed by atoms with van der Waals surface area (Å²) in [5.74, 6) is 0.163. The molecule has 9 nitrogen and oxygen atoms in total. The van der Waals surface area contributed by atoms with Crippen molar-refractivity contribution in [2.24, 2.45) is 0 Å². The normalized spacial score (nSPS) is 11.4. The van der Waals surface area contributed by atoms with E-state index in [-0.39, 0.29) is 42.1 Å². The number of halogens is 1. The van der Waals surface area contributed by atoms with Gasteiger partial charge in [0.2, 0.25) is 11.8 Å². The lowest BCUT2D eigenvalue weighted by atomic mass is 10.2. The number of hydrogen-bond donors (Lipinski definition) is 2. The number of unbranched alkanes of at least 4 members (excludes halogenated alkanes) is 1. The van der Waals surface area contributed by atoms with E-state index in [2.05, 4.69) is 15.3 Å². The number of likely N-dealkylation sites (N-methyl/N-ethyl adjacent to an activating group) is 1. The monoisotopic (exact) mass is 499 g/mol. The first-order valence-corrected chi connectivity index (χ1v) is 11.7. The third kappa shape index (κ3) is 6.95. The summed E-state index contributed by atoms with van der Waals surface area (Å²) in [6, 6.07) is 5.12. The van der Waals surface area contributed by atoms with Gasteiger partial charge in [0.25, 0.3) is 5.56 Å². The molecule has 0 aliphatic heterocycles. The standard InChI is InChI=1S/C25H30ClN5O4/c1-16(2)35-24-18(26)14-27-20-13-17(28-23(20)24)15-31-12-8-9-19(25(31)34)29-21(32)10-6-5-7-11-22(33)30(3)4/h7-9,11-14,16,28H,5-6,10,15H2,1-4H3,(H,29,32)/b11-7+. The van der Waals surface area contributed by atoms with Crippen LogP contribution in [0.5, 0.6) is 5.75 Å². The Morgan fingerprint density at radius 2 is 2.11 bits per heavy atom. The third-order valence-electron chi connectivity index (χ3n) is 5.08. The van der Waals surface area contributed by atoms with Crippen molar-refractivity contribution in [3.63, 3.8) is 0 Å². The van der Waals surface area contributed by atoms with Crippen LogP contribution in [0.3, 0.4) is 0 Å². The molecule has 0 saturated carbocycles. The van der Waals surface area contributed by atoms with Crippen molar-refractivity contribution in [2.75, 3.05) is 19.4 Å². The van der Waals surface area contributed by atoms with Crippen LogP contribution in [0.2, 0.25) is 5.02 Å². The maximum Gasteiger partial charge on any atom is 0.274 e.